The second kappa shape index (κ2) is 9.99. The van der Waals surface area contributed by atoms with Gasteiger partial charge in [-0.15, -0.1) is 10.1 Å². The largest absolute Gasteiger partial charge is 0.507 e. The number of amides is 1. The summed E-state index contributed by atoms with van der Waals surface area (Å²) in [7, 11) is 0. The number of carbonyl (C=O) groups is 2. The fourth-order valence-corrected chi connectivity index (χ4v) is 2.36. The number of aromatic hydroxyl groups is 1. The molecule has 0 aliphatic heterocycles. The van der Waals surface area contributed by atoms with Crippen LogP contribution in [0, 0.1) is 10.1 Å². The SMILES string of the molecule is NC(=S)c1ccc(OC(=O)c2cc(NC(=O)CCCO[N+](=O)[O-])ccc2O)cc1. The normalized spacial score (nSPS) is 10.1. The number of carbonyl (C=O) groups excluding carboxylic acids is 2. The number of hydrogen-bond acceptors (Lipinski definition) is 8. The first-order chi connectivity index (χ1) is 13.8. The van der Waals surface area contributed by atoms with Crippen molar-refractivity contribution in [2.24, 2.45) is 5.73 Å². The van der Waals surface area contributed by atoms with Crippen molar-refractivity contribution in [2.45, 2.75) is 12.8 Å². The number of phenols is 1. The van der Waals surface area contributed by atoms with Gasteiger partial charge in [-0.05, 0) is 48.9 Å². The predicted molar refractivity (Wildman–Crippen MR) is 106 cm³/mol. The second-order valence-corrected chi connectivity index (χ2v) is 6.16. The first kappa shape index (κ1) is 21.6. The zero-order valence-electron chi connectivity index (χ0n) is 15.0. The smallest absolute Gasteiger partial charge is 0.347 e. The molecule has 0 bridgehead atoms. The summed E-state index contributed by atoms with van der Waals surface area (Å²) in [6, 6.07) is 10.1. The Hall–Kier alpha value is -3.73. The third kappa shape index (κ3) is 6.74. The number of rotatable bonds is 9. The Morgan fingerprint density at radius 2 is 1.90 bits per heavy atom. The van der Waals surface area contributed by atoms with Crippen LogP contribution >= 0.6 is 12.2 Å². The monoisotopic (exact) mass is 419 g/mol. The average Bonchev–Trinajstić information content (AvgIpc) is 2.67. The van der Waals surface area contributed by atoms with Gasteiger partial charge >= 0.3 is 5.97 Å². The highest BCUT2D eigenvalue weighted by atomic mass is 32.1. The van der Waals surface area contributed by atoms with E-state index >= 15 is 0 Å². The number of anilines is 1. The van der Waals surface area contributed by atoms with Gasteiger partial charge in [-0.25, -0.2) is 4.79 Å². The molecule has 0 saturated heterocycles. The van der Waals surface area contributed by atoms with Crippen LogP contribution in [0.2, 0.25) is 0 Å². The Bertz CT molecular complexity index is 932. The van der Waals surface area contributed by atoms with E-state index in [0.29, 0.717) is 5.56 Å². The molecular weight excluding hydrogens is 402 g/mol. The van der Waals surface area contributed by atoms with Crippen LogP contribution in [0.4, 0.5) is 5.69 Å². The van der Waals surface area contributed by atoms with E-state index < -0.39 is 17.0 Å². The van der Waals surface area contributed by atoms with Gasteiger partial charge in [0.15, 0.2) is 0 Å². The van der Waals surface area contributed by atoms with Gasteiger partial charge in [0.2, 0.25) is 5.91 Å². The topological polar surface area (TPSA) is 154 Å². The van der Waals surface area contributed by atoms with Gasteiger partial charge in [0.1, 0.15) is 22.1 Å². The third-order valence-electron chi connectivity index (χ3n) is 3.59. The minimum absolute atomic E-state index is 0.0240. The van der Waals surface area contributed by atoms with E-state index in [4.69, 9.17) is 22.7 Å². The van der Waals surface area contributed by atoms with Crippen molar-refractivity contribution in [3.05, 3.63) is 63.7 Å². The van der Waals surface area contributed by atoms with E-state index in [0.717, 1.165) is 0 Å². The molecule has 29 heavy (non-hydrogen) atoms. The highest BCUT2D eigenvalue weighted by molar-refractivity contribution is 7.80. The number of hydrogen-bond donors (Lipinski definition) is 3. The Morgan fingerprint density at radius 3 is 2.52 bits per heavy atom. The highest BCUT2D eigenvalue weighted by Crippen LogP contribution is 2.24. The zero-order valence-corrected chi connectivity index (χ0v) is 15.8. The molecule has 0 heterocycles. The Labute approximate surface area is 170 Å². The predicted octanol–water partition coefficient (Wildman–Crippen LogP) is 2.17. The summed E-state index contributed by atoms with van der Waals surface area (Å²) < 4.78 is 5.20. The molecule has 1 amide bonds. The van der Waals surface area contributed by atoms with Crippen molar-refractivity contribution < 1.29 is 29.4 Å². The maximum absolute atomic E-state index is 12.3. The van der Waals surface area contributed by atoms with E-state index in [9.17, 15) is 24.8 Å². The Morgan fingerprint density at radius 1 is 1.21 bits per heavy atom. The first-order valence-corrected chi connectivity index (χ1v) is 8.69. The number of phenolic OH excluding ortho intramolecular Hbond substituents is 1. The van der Waals surface area contributed by atoms with Crippen LogP contribution in [0.5, 0.6) is 11.5 Å². The molecule has 0 aliphatic rings. The molecule has 0 aromatic heterocycles. The molecule has 0 aliphatic carbocycles. The van der Waals surface area contributed by atoms with Crippen LogP contribution in [0.15, 0.2) is 42.5 Å². The molecule has 10 nitrogen and oxygen atoms in total. The van der Waals surface area contributed by atoms with Gasteiger partial charge < -0.3 is 25.7 Å². The molecule has 2 aromatic rings. The number of nitrogens with zero attached hydrogens (tertiary/aromatic N) is 1. The molecule has 2 rings (SSSR count). The molecule has 0 unspecified atom stereocenters. The van der Waals surface area contributed by atoms with E-state index in [1.807, 2.05) is 0 Å². The summed E-state index contributed by atoms with van der Waals surface area (Å²) in [4.78, 5) is 38.6. The standard InChI is InChI=1S/C18H17N3O7S/c19-17(29)11-3-6-13(7-4-11)28-18(24)14-10-12(5-8-15(14)22)20-16(23)2-1-9-27-21(25)26/h3-8,10,22H,1-2,9H2,(H2,19,29)(H,20,23). The van der Waals surface area contributed by atoms with Gasteiger partial charge in [-0.3, -0.25) is 4.79 Å². The van der Waals surface area contributed by atoms with Gasteiger partial charge in [-0.1, -0.05) is 12.2 Å². The lowest BCUT2D eigenvalue weighted by molar-refractivity contribution is -0.757. The Balaban J connectivity index is 2.00. The molecule has 4 N–H and O–H groups in total. The summed E-state index contributed by atoms with van der Waals surface area (Å²) in [6.45, 7) is -0.207. The summed E-state index contributed by atoms with van der Waals surface area (Å²) in [5, 5.41) is 21.6. The van der Waals surface area contributed by atoms with Gasteiger partial charge in [0, 0.05) is 17.7 Å². The molecule has 2 aromatic carbocycles. The van der Waals surface area contributed by atoms with Crippen molar-refractivity contribution >= 4 is 34.8 Å². The van der Waals surface area contributed by atoms with Crippen LogP contribution < -0.4 is 15.8 Å². The molecule has 0 spiro atoms. The van der Waals surface area contributed by atoms with Crippen molar-refractivity contribution in [3.8, 4) is 11.5 Å². The summed E-state index contributed by atoms with van der Waals surface area (Å²) >= 11 is 4.85. The quantitative estimate of drug-likeness (QED) is 0.105. The highest BCUT2D eigenvalue weighted by Gasteiger charge is 2.16. The number of nitrogens with two attached hydrogens (primary N) is 1. The van der Waals surface area contributed by atoms with Crippen molar-refractivity contribution in [2.75, 3.05) is 11.9 Å². The minimum atomic E-state index is -0.937. The van der Waals surface area contributed by atoms with Gasteiger partial charge in [0.05, 0.1) is 6.61 Å². The second-order valence-electron chi connectivity index (χ2n) is 5.72. The first-order valence-electron chi connectivity index (χ1n) is 8.28. The van der Waals surface area contributed by atoms with Crippen molar-refractivity contribution in [3.63, 3.8) is 0 Å². The fourth-order valence-electron chi connectivity index (χ4n) is 2.22. The maximum Gasteiger partial charge on any atom is 0.347 e. The lowest BCUT2D eigenvalue weighted by Gasteiger charge is -2.10. The summed E-state index contributed by atoms with van der Waals surface area (Å²) in [5.41, 5.74) is 6.20. The third-order valence-corrected chi connectivity index (χ3v) is 3.83. The molecule has 11 heteroatoms. The maximum atomic E-state index is 12.3. The molecule has 0 radical (unpaired) electrons. The van der Waals surface area contributed by atoms with Gasteiger partial charge in [0.25, 0.3) is 5.09 Å². The lowest BCUT2D eigenvalue weighted by Crippen LogP contribution is -2.14. The fraction of sp³-hybridized carbons (Fsp3) is 0.167. The molecule has 152 valence electrons. The van der Waals surface area contributed by atoms with Gasteiger partial charge in [-0.2, -0.15) is 0 Å². The lowest BCUT2D eigenvalue weighted by atomic mass is 10.1. The molecular formula is C18H17N3O7S. The number of ether oxygens (including phenoxy) is 1. The van der Waals surface area contributed by atoms with Crippen LogP contribution in [-0.4, -0.2) is 33.7 Å². The molecule has 0 fully saturated rings. The van der Waals surface area contributed by atoms with E-state index in [2.05, 4.69) is 10.2 Å². The zero-order chi connectivity index (χ0) is 21.4. The molecule has 0 saturated carbocycles. The number of nitrogens with one attached hydrogen (secondary N) is 1. The van der Waals surface area contributed by atoms with E-state index in [-0.39, 0.29) is 47.2 Å². The van der Waals surface area contributed by atoms with Crippen LogP contribution in [-0.2, 0) is 9.63 Å². The van der Waals surface area contributed by atoms with Crippen LogP contribution in [0.1, 0.15) is 28.8 Å². The van der Waals surface area contributed by atoms with E-state index in [1.54, 1.807) is 12.1 Å². The number of esters is 1. The Kier molecular flexibility index (Phi) is 7.43. The van der Waals surface area contributed by atoms with Crippen molar-refractivity contribution in [1.29, 1.82) is 0 Å². The summed E-state index contributed by atoms with van der Waals surface area (Å²) in [5.74, 6) is -1.38. The average molecular weight is 419 g/mol. The van der Waals surface area contributed by atoms with Crippen LogP contribution in [0.3, 0.4) is 0 Å². The van der Waals surface area contributed by atoms with Crippen LogP contribution in [0.25, 0.3) is 0 Å². The summed E-state index contributed by atoms with van der Waals surface area (Å²) in [6.07, 6.45) is 0.117. The number of benzene rings is 2. The minimum Gasteiger partial charge on any atom is -0.507 e. The molecule has 0 atom stereocenters. The number of thiocarbonyl (C=S) groups is 1. The van der Waals surface area contributed by atoms with Crippen molar-refractivity contribution in [1.82, 2.24) is 0 Å². The van der Waals surface area contributed by atoms with E-state index in [1.165, 1.54) is 30.3 Å².